The van der Waals surface area contributed by atoms with E-state index in [1.165, 1.54) is 0 Å². The fraction of sp³-hybridized carbons (Fsp3) is 0.909. The topological polar surface area (TPSA) is 41.1 Å². The van der Waals surface area contributed by atoms with E-state index in [-0.39, 0.29) is 0 Å². The summed E-state index contributed by atoms with van der Waals surface area (Å²) in [5, 5.41) is 6.62. The Balaban J connectivity index is 1.85. The Hall–Kier alpha value is -0.410. The lowest BCUT2D eigenvalue weighted by atomic mass is 9.82. The first-order chi connectivity index (χ1) is 6.88. The van der Waals surface area contributed by atoms with Crippen molar-refractivity contribution < 1.29 is 4.79 Å². The fourth-order valence-corrected chi connectivity index (χ4v) is 2.55. The second kappa shape index (κ2) is 4.89. The van der Waals surface area contributed by atoms with Crippen molar-refractivity contribution in [1.82, 2.24) is 10.6 Å². The van der Waals surface area contributed by atoms with Gasteiger partial charge in [-0.25, -0.2) is 0 Å². The number of hydrogen-bond acceptors (Lipinski definition) is 3. The Bertz CT molecular complexity index is 173. The molecule has 0 aromatic heterocycles. The Morgan fingerprint density at radius 3 is 1.50 bits per heavy atom. The molecule has 2 rings (SSSR count). The molecule has 3 heteroatoms. The Morgan fingerprint density at radius 1 is 0.786 bits per heavy atom. The Labute approximate surface area is 85.6 Å². The van der Waals surface area contributed by atoms with Gasteiger partial charge in [0, 0.05) is 11.8 Å². The van der Waals surface area contributed by atoms with Crippen molar-refractivity contribution in [1.29, 1.82) is 0 Å². The number of Topliss-reactive ketones (excluding diaryl/α,β-unsaturated/α-hetero) is 1. The van der Waals surface area contributed by atoms with Crippen molar-refractivity contribution >= 4 is 5.78 Å². The van der Waals surface area contributed by atoms with Gasteiger partial charge in [0.05, 0.1) is 0 Å². The van der Waals surface area contributed by atoms with Gasteiger partial charge < -0.3 is 10.6 Å². The second-order valence-electron chi connectivity index (χ2n) is 4.45. The van der Waals surface area contributed by atoms with Crippen LogP contribution in [0, 0.1) is 11.8 Å². The molecule has 2 N–H and O–H groups in total. The van der Waals surface area contributed by atoms with Gasteiger partial charge in [0.15, 0.2) is 0 Å². The van der Waals surface area contributed by atoms with Gasteiger partial charge >= 0.3 is 0 Å². The minimum atomic E-state index is 0.361. The molecule has 2 aliphatic rings. The van der Waals surface area contributed by atoms with Gasteiger partial charge in [-0.15, -0.1) is 0 Å². The Morgan fingerprint density at radius 2 is 1.14 bits per heavy atom. The highest BCUT2D eigenvalue weighted by Crippen LogP contribution is 2.22. The molecule has 0 bridgehead atoms. The maximum atomic E-state index is 12.1. The first kappa shape index (κ1) is 10.1. The van der Waals surface area contributed by atoms with E-state index in [0.29, 0.717) is 17.6 Å². The predicted octanol–water partition coefficient (Wildman–Crippen LogP) is 0.555. The summed E-state index contributed by atoms with van der Waals surface area (Å²) in [6.07, 6.45) is 4.23. The lowest BCUT2D eigenvalue weighted by Crippen LogP contribution is -2.38. The summed E-state index contributed by atoms with van der Waals surface area (Å²) in [6, 6.07) is 0. The number of piperidine rings is 2. The molecular formula is C11H20N2O. The van der Waals surface area contributed by atoms with Gasteiger partial charge in [0.2, 0.25) is 0 Å². The van der Waals surface area contributed by atoms with Crippen LogP contribution in [0.2, 0.25) is 0 Å². The average molecular weight is 196 g/mol. The minimum absolute atomic E-state index is 0.361. The smallest absolute Gasteiger partial charge is 0.139 e. The van der Waals surface area contributed by atoms with E-state index >= 15 is 0 Å². The Kier molecular flexibility index (Phi) is 3.54. The SMILES string of the molecule is O=C(C1CCNCC1)C1CCNCC1. The summed E-state index contributed by atoms with van der Waals surface area (Å²) in [5.41, 5.74) is 0. The molecule has 0 radical (unpaired) electrons. The van der Waals surface area contributed by atoms with Crippen molar-refractivity contribution in [2.45, 2.75) is 25.7 Å². The molecule has 0 aromatic rings. The van der Waals surface area contributed by atoms with E-state index in [1.807, 2.05) is 0 Å². The molecular weight excluding hydrogens is 176 g/mol. The molecule has 80 valence electrons. The summed E-state index contributed by atoms with van der Waals surface area (Å²) in [5.74, 6) is 1.27. The number of carbonyl (C=O) groups is 1. The van der Waals surface area contributed by atoms with Crippen LogP contribution < -0.4 is 10.6 Å². The van der Waals surface area contributed by atoms with Crippen LogP contribution in [0.3, 0.4) is 0 Å². The zero-order valence-electron chi connectivity index (χ0n) is 8.72. The van der Waals surface area contributed by atoms with E-state index in [2.05, 4.69) is 10.6 Å². The molecule has 0 aromatic carbocycles. The molecule has 2 fully saturated rings. The van der Waals surface area contributed by atoms with Gasteiger partial charge in [-0.05, 0) is 51.9 Å². The molecule has 0 amide bonds. The summed E-state index contributed by atoms with van der Waals surface area (Å²) < 4.78 is 0. The standard InChI is InChI=1S/C11H20N2O/c14-11(9-1-5-12-6-2-9)10-3-7-13-8-4-10/h9-10,12-13H,1-8H2. The lowest BCUT2D eigenvalue weighted by Gasteiger charge is -2.28. The largest absolute Gasteiger partial charge is 0.317 e. The number of hydrogen-bond donors (Lipinski definition) is 2. The van der Waals surface area contributed by atoms with Crippen LogP contribution in [0.25, 0.3) is 0 Å². The number of carbonyl (C=O) groups excluding carboxylic acids is 1. The summed E-state index contributed by atoms with van der Waals surface area (Å²) in [7, 11) is 0. The predicted molar refractivity (Wildman–Crippen MR) is 56.2 cm³/mol. The molecule has 14 heavy (non-hydrogen) atoms. The highest BCUT2D eigenvalue weighted by Gasteiger charge is 2.28. The van der Waals surface area contributed by atoms with Crippen molar-refractivity contribution in [3.8, 4) is 0 Å². The molecule has 0 unspecified atom stereocenters. The van der Waals surface area contributed by atoms with Gasteiger partial charge in [0.1, 0.15) is 5.78 Å². The summed E-state index contributed by atoms with van der Waals surface area (Å²) in [4.78, 5) is 12.1. The van der Waals surface area contributed by atoms with Crippen LogP contribution in [0.15, 0.2) is 0 Å². The van der Waals surface area contributed by atoms with Crippen LogP contribution in [0.5, 0.6) is 0 Å². The first-order valence-electron chi connectivity index (χ1n) is 5.83. The maximum Gasteiger partial charge on any atom is 0.139 e. The van der Waals surface area contributed by atoms with E-state index in [0.717, 1.165) is 51.9 Å². The number of nitrogens with one attached hydrogen (secondary N) is 2. The van der Waals surface area contributed by atoms with Crippen LogP contribution in [0.1, 0.15) is 25.7 Å². The van der Waals surface area contributed by atoms with E-state index in [1.54, 1.807) is 0 Å². The van der Waals surface area contributed by atoms with Gasteiger partial charge in [-0.2, -0.15) is 0 Å². The van der Waals surface area contributed by atoms with Gasteiger partial charge in [0.25, 0.3) is 0 Å². The van der Waals surface area contributed by atoms with Gasteiger partial charge in [-0.3, -0.25) is 4.79 Å². The highest BCUT2D eigenvalue weighted by atomic mass is 16.1. The minimum Gasteiger partial charge on any atom is -0.317 e. The van der Waals surface area contributed by atoms with Crippen molar-refractivity contribution in [2.75, 3.05) is 26.2 Å². The molecule has 2 heterocycles. The van der Waals surface area contributed by atoms with Crippen LogP contribution in [-0.2, 0) is 4.79 Å². The molecule has 0 spiro atoms. The summed E-state index contributed by atoms with van der Waals surface area (Å²) >= 11 is 0. The average Bonchev–Trinajstić information content (AvgIpc) is 2.30. The maximum absolute atomic E-state index is 12.1. The van der Waals surface area contributed by atoms with Crippen LogP contribution in [0.4, 0.5) is 0 Å². The normalized spacial score (nSPS) is 26.3. The summed E-state index contributed by atoms with van der Waals surface area (Å²) in [6.45, 7) is 4.12. The third-order valence-electron chi connectivity index (χ3n) is 3.48. The van der Waals surface area contributed by atoms with E-state index in [9.17, 15) is 4.79 Å². The van der Waals surface area contributed by atoms with Crippen LogP contribution in [-0.4, -0.2) is 32.0 Å². The molecule has 3 nitrogen and oxygen atoms in total. The first-order valence-corrected chi connectivity index (χ1v) is 5.83. The lowest BCUT2D eigenvalue weighted by molar-refractivity contribution is -0.128. The molecule has 2 saturated heterocycles. The molecule has 0 atom stereocenters. The fourth-order valence-electron chi connectivity index (χ4n) is 2.55. The third kappa shape index (κ3) is 2.34. The third-order valence-corrected chi connectivity index (χ3v) is 3.48. The molecule has 0 aliphatic carbocycles. The van der Waals surface area contributed by atoms with Crippen molar-refractivity contribution in [2.24, 2.45) is 11.8 Å². The van der Waals surface area contributed by atoms with Crippen molar-refractivity contribution in [3.63, 3.8) is 0 Å². The van der Waals surface area contributed by atoms with Crippen molar-refractivity contribution in [3.05, 3.63) is 0 Å². The number of rotatable bonds is 2. The van der Waals surface area contributed by atoms with E-state index in [4.69, 9.17) is 0 Å². The highest BCUT2D eigenvalue weighted by molar-refractivity contribution is 5.83. The zero-order valence-corrected chi connectivity index (χ0v) is 8.72. The van der Waals surface area contributed by atoms with Crippen LogP contribution >= 0.6 is 0 Å². The number of ketones is 1. The second-order valence-corrected chi connectivity index (χ2v) is 4.45. The van der Waals surface area contributed by atoms with Gasteiger partial charge in [-0.1, -0.05) is 0 Å². The molecule has 2 aliphatic heterocycles. The molecule has 0 saturated carbocycles. The monoisotopic (exact) mass is 196 g/mol. The quantitative estimate of drug-likeness (QED) is 0.678. The zero-order chi connectivity index (χ0) is 9.80. The van der Waals surface area contributed by atoms with E-state index < -0.39 is 0 Å².